The van der Waals surface area contributed by atoms with E-state index in [0.29, 0.717) is 18.9 Å². The van der Waals surface area contributed by atoms with Crippen LogP contribution in [0, 0.1) is 23.7 Å². The van der Waals surface area contributed by atoms with Crippen LogP contribution in [-0.2, 0) is 40.0 Å². The molecule has 8 atom stereocenters. The number of aromatic amines is 1. The molecule has 188 valence electrons. The fourth-order valence-corrected chi connectivity index (χ4v) is 6.26. The summed E-state index contributed by atoms with van der Waals surface area (Å²) >= 11 is 0. The molecule has 1 spiro atoms. The third-order valence-electron chi connectivity index (χ3n) is 8.17. The van der Waals surface area contributed by atoms with Gasteiger partial charge in [0.2, 0.25) is 18.0 Å². The Balaban J connectivity index is 1.18. The van der Waals surface area contributed by atoms with Crippen LogP contribution in [0.1, 0.15) is 65.0 Å². The average molecular weight is 478 g/mol. The lowest BCUT2D eigenvalue weighted by atomic mass is 9.58. The Bertz CT molecular complexity index is 895. The van der Waals surface area contributed by atoms with Gasteiger partial charge in [-0.1, -0.05) is 13.8 Å². The van der Waals surface area contributed by atoms with E-state index in [2.05, 4.69) is 22.2 Å². The number of rotatable bonds is 7. The van der Waals surface area contributed by atoms with Crippen LogP contribution < -0.4 is 5.32 Å². The molecule has 1 aliphatic carbocycles. The number of nitrogens with zero attached hydrogens (tertiary/aromatic N) is 1. The zero-order valence-electron chi connectivity index (χ0n) is 20.1. The standard InChI is InChI=1S/C24H35N3O7/c1-14-4-5-18-15(2)21(31-22-24(18)17(14)8-10-23(3,32-22)33-34-24)30-20(29)7-6-19(28)26-11-9-16-12-25-13-27-16/h12-15,17-18,21-22H,4-11H2,1-3H3,(H,25,27)(H,26,28). The molecule has 4 aliphatic heterocycles. The van der Waals surface area contributed by atoms with Crippen molar-refractivity contribution in [2.75, 3.05) is 6.54 Å². The van der Waals surface area contributed by atoms with E-state index in [-0.39, 0.29) is 36.5 Å². The molecule has 8 unspecified atom stereocenters. The molecule has 2 bridgehead atoms. The fraction of sp³-hybridized carbons (Fsp3) is 0.792. The summed E-state index contributed by atoms with van der Waals surface area (Å²) in [6.07, 6.45) is 6.28. The van der Waals surface area contributed by atoms with Gasteiger partial charge in [-0.2, -0.15) is 0 Å². The highest BCUT2D eigenvalue weighted by Gasteiger charge is 2.69. The van der Waals surface area contributed by atoms with Crippen molar-refractivity contribution >= 4 is 11.9 Å². The second kappa shape index (κ2) is 9.22. The summed E-state index contributed by atoms with van der Waals surface area (Å²) in [5.74, 6) is -0.814. The molecule has 1 aromatic rings. The van der Waals surface area contributed by atoms with Crippen LogP contribution in [0.4, 0.5) is 0 Å². The third-order valence-corrected chi connectivity index (χ3v) is 8.17. The van der Waals surface area contributed by atoms with E-state index in [0.717, 1.165) is 31.4 Å². The molecule has 2 N–H and O–H groups in total. The topological polar surface area (TPSA) is 121 Å². The maximum atomic E-state index is 12.6. The molecule has 5 fully saturated rings. The minimum absolute atomic E-state index is 0.0131. The molecule has 5 heterocycles. The van der Waals surface area contributed by atoms with Crippen molar-refractivity contribution in [2.45, 2.75) is 89.7 Å². The number of carbonyl (C=O) groups is 2. The number of nitrogens with one attached hydrogen (secondary N) is 2. The Hall–Kier alpha value is -2.01. The molecule has 10 heteroatoms. The Morgan fingerprint density at radius 3 is 2.85 bits per heavy atom. The lowest BCUT2D eigenvalue weighted by molar-refractivity contribution is -0.576. The lowest BCUT2D eigenvalue weighted by Crippen LogP contribution is -2.70. The van der Waals surface area contributed by atoms with Gasteiger partial charge in [0.1, 0.15) is 0 Å². The van der Waals surface area contributed by atoms with Gasteiger partial charge in [0.25, 0.3) is 0 Å². The van der Waals surface area contributed by atoms with Crippen LogP contribution >= 0.6 is 0 Å². The molecule has 0 aromatic carbocycles. The first kappa shape index (κ1) is 23.7. The van der Waals surface area contributed by atoms with Crippen molar-refractivity contribution in [1.29, 1.82) is 0 Å². The molecule has 34 heavy (non-hydrogen) atoms. The first-order valence-corrected chi connectivity index (χ1v) is 12.4. The lowest BCUT2D eigenvalue weighted by Gasteiger charge is -2.59. The van der Waals surface area contributed by atoms with Crippen LogP contribution in [0.3, 0.4) is 0 Å². The summed E-state index contributed by atoms with van der Waals surface area (Å²) in [4.78, 5) is 43.6. The number of hydrogen-bond donors (Lipinski definition) is 2. The van der Waals surface area contributed by atoms with Crippen molar-refractivity contribution < 1.29 is 33.6 Å². The Morgan fingerprint density at radius 2 is 2.06 bits per heavy atom. The predicted molar refractivity (Wildman–Crippen MR) is 117 cm³/mol. The maximum Gasteiger partial charge on any atom is 0.308 e. The minimum Gasteiger partial charge on any atom is -0.435 e. The molecule has 1 aromatic heterocycles. The van der Waals surface area contributed by atoms with Crippen molar-refractivity contribution in [3.05, 3.63) is 18.2 Å². The summed E-state index contributed by atoms with van der Waals surface area (Å²) in [7, 11) is 0. The molecule has 0 radical (unpaired) electrons. The van der Waals surface area contributed by atoms with Crippen LogP contribution in [0.5, 0.6) is 0 Å². The normalized spacial score (nSPS) is 40.8. The summed E-state index contributed by atoms with van der Waals surface area (Å²) in [6, 6.07) is 0. The molecular formula is C24H35N3O7. The van der Waals surface area contributed by atoms with Crippen LogP contribution in [0.2, 0.25) is 0 Å². The monoisotopic (exact) mass is 477 g/mol. The van der Waals surface area contributed by atoms with Crippen LogP contribution in [0.25, 0.3) is 0 Å². The summed E-state index contributed by atoms with van der Waals surface area (Å²) in [5.41, 5.74) is 0.253. The van der Waals surface area contributed by atoms with Crippen molar-refractivity contribution in [1.82, 2.24) is 15.3 Å². The summed E-state index contributed by atoms with van der Waals surface area (Å²) < 4.78 is 18.3. The van der Waals surface area contributed by atoms with E-state index in [4.69, 9.17) is 24.0 Å². The molecular weight excluding hydrogens is 442 g/mol. The zero-order chi connectivity index (χ0) is 23.9. The highest BCUT2D eigenvalue weighted by atomic mass is 17.3. The van der Waals surface area contributed by atoms with E-state index in [9.17, 15) is 9.59 Å². The van der Waals surface area contributed by atoms with Crippen LogP contribution in [0.15, 0.2) is 12.5 Å². The van der Waals surface area contributed by atoms with Gasteiger partial charge in [-0.05, 0) is 38.0 Å². The second-order valence-corrected chi connectivity index (χ2v) is 10.4. The molecule has 1 amide bonds. The SMILES string of the molecule is CC1CCC2C(C)C(OC(=O)CCC(=O)NCCc3cnc[nH]3)OC3OC4(C)CCC1C32OO4. The molecule has 10 nitrogen and oxygen atoms in total. The quantitative estimate of drug-likeness (QED) is 0.454. The van der Waals surface area contributed by atoms with E-state index >= 15 is 0 Å². The van der Waals surface area contributed by atoms with Crippen molar-refractivity contribution in [3.8, 4) is 0 Å². The molecule has 1 saturated carbocycles. The number of aromatic nitrogens is 2. The number of hydrogen-bond acceptors (Lipinski definition) is 8. The van der Waals surface area contributed by atoms with E-state index < -0.39 is 29.9 Å². The number of ether oxygens (including phenoxy) is 3. The Morgan fingerprint density at radius 1 is 1.21 bits per heavy atom. The Kier molecular flexibility index (Phi) is 6.43. The molecule has 5 aliphatic rings. The van der Waals surface area contributed by atoms with Gasteiger partial charge >= 0.3 is 5.97 Å². The number of fused-ring (bicyclic) bond motifs is 2. The largest absolute Gasteiger partial charge is 0.435 e. The minimum atomic E-state index is -0.874. The van der Waals surface area contributed by atoms with Gasteiger partial charge in [0.05, 0.1) is 12.7 Å². The number of carbonyl (C=O) groups excluding carboxylic acids is 2. The van der Waals surface area contributed by atoms with Crippen molar-refractivity contribution in [2.24, 2.45) is 23.7 Å². The van der Waals surface area contributed by atoms with Crippen LogP contribution in [-0.4, -0.2) is 52.4 Å². The number of esters is 1. The Labute approximate surface area is 199 Å². The number of H-pyrrole nitrogens is 1. The summed E-state index contributed by atoms with van der Waals surface area (Å²) in [5, 5.41) is 2.81. The van der Waals surface area contributed by atoms with Crippen molar-refractivity contribution in [3.63, 3.8) is 0 Å². The summed E-state index contributed by atoms with van der Waals surface area (Å²) in [6.45, 7) is 6.63. The zero-order valence-corrected chi connectivity index (χ0v) is 20.1. The van der Waals surface area contributed by atoms with Gasteiger partial charge in [-0.15, -0.1) is 0 Å². The van der Waals surface area contributed by atoms with E-state index in [1.165, 1.54) is 0 Å². The molecule has 6 rings (SSSR count). The fourth-order valence-electron chi connectivity index (χ4n) is 6.26. The number of amides is 1. The first-order valence-electron chi connectivity index (χ1n) is 12.4. The third kappa shape index (κ3) is 4.25. The predicted octanol–water partition coefficient (Wildman–Crippen LogP) is 2.60. The number of imidazole rings is 1. The maximum absolute atomic E-state index is 12.6. The van der Waals surface area contributed by atoms with Gasteiger partial charge in [-0.3, -0.25) is 9.59 Å². The van der Waals surface area contributed by atoms with Gasteiger partial charge in [-0.25, -0.2) is 14.8 Å². The van der Waals surface area contributed by atoms with Gasteiger partial charge in [0, 0.05) is 49.5 Å². The van der Waals surface area contributed by atoms with Gasteiger partial charge in [0.15, 0.2) is 11.9 Å². The van der Waals surface area contributed by atoms with Gasteiger partial charge < -0.3 is 24.5 Å². The average Bonchev–Trinajstić information content (AvgIpc) is 3.22. The smallest absolute Gasteiger partial charge is 0.308 e. The van der Waals surface area contributed by atoms with E-state index in [1.807, 2.05) is 13.8 Å². The second-order valence-electron chi connectivity index (χ2n) is 10.4. The molecule has 4 saturated heterocycles. The first-order chi connectivity index (χ1) is 16.3. The highest BCUT2D eigenvalue weighted by molar-refractivity contribution is 5.81. The highest BCUT2D eigenvalue weighted by Crippen LogP contribution is 2.60. The van der Waals surface area contributed by atoms with E-state index in [1.54, 1.807) is 12.5 Å².